The summed E-state index contributed by atoms with van der Waals surface area (Å²) < 4.78 is 19.6. The van der Waals surface area contributed by atoms with Gasteiger partial charge in [-0.2, -0.15) is 5.10 Å². The number of nitrogens with one attached hydrogen (secondary N) is 2. The van der Waals surface area contributed by atoms with Gasteiger partial charge < -0.3 is 15.0 Å². The van der Waals surface area contributed by atoms with Crippen molar-refractivity contribution in [1.82, 2.24) is 20.4 Å². The van der Waals surface area contributed by atoms with E-state index in [0.29, 0.717) is 36.3 Å². The molecule has 7 nitrogen and oxygen atoms in total. The van der Waals surface area contributed by atoms with Crippen LogP contribution in [0.4, 0.5) is 4.39 Å². The molecule has 25 heavy (non-hydrogen) atoms. The lowest BCUT2D eigenvalue weighted by Crippen LogP contribution is -2.61. The summed E-state index contributed by atoms with van der Waals surface area (Å²) in [7, 11) is 0. The van der Waals surface area contributed by atoms with E-state index in [-0.39, 0.29) is 30.6 Å². The molecule has 3 heterocycles. The number of fused-ring (bicyclic) bond motifs is 1. The number of likely N-dealkylation sites (tertiary alicyclic amines) is 1. The molecule has 0 aliphatic carbocycles. The van der Waals surface area contributed by atoms with E-state index in [4.69, 9.17) is 4.74 Å². The number of halogens is 1. The predicted molar refractivity (Wildman–Crippen MR) is 86.2 cm³/mol. The van der Waals surface area contributed by atoms with Gasteiger partial charge in [0.1, 0.15) is 12.4 Å². The Bertz CT molecular complexity index is 822. The van der Waals surface area contributed by atoms with E-state index < -0.39 is 5.82 Å². The number of amides is 2. The molecule has 1 aromatic carbocycles. The smallest absolute Gasteiger partial charge is 0.257 e. The van der Waals surface area contributed by atoms with Gasteiger partial charge in [0.15, 0.2) is 0 Å². The number of aromatic amines is 1. The second-order valence-electron chi connectivity index (χ2n) is 6.20. The van der Waals surface area contributed by atoms with Crippen LogP contribution in [0.2, 0.25) is 0 Å². The number of morpholine rings is 1. The van der Waals surface area contributed by atoms with Crippen LogP contribution < -0.4 is 5.32 Å². The van der Waals surface area contributed by atoms with E-state index in [1.807, 2.05) is 0 Å². The van der Waals surface area contributed by atoms with Crippen LogP contribution in [-0.2, 0) is 9.53 Å². The van der Waals surface area contributed by atoms with Gasteiger partial charge in [0.05, 0.1) is 29.6 Å². The van der Waals surface area contributed by atoms with Crippen molar-refractivity contribution in [3.63, 3.8) is 0 Å². The van der Waals surface area contributed by atoms with Crippen molar-refractivity contribution in [1.29, 1.82) is 0 Å². The molecule has 2 aliphatic heterocycles. The van der Waals surface area contributed by atoms with Crippen LogP contribution in [-0.4, -0.2) is 58.8 Å². The van der Waals surface area contributed by atoms with Crippen molar-refractivity contribution < 1.29 is 18.7 Å². The highest BCUT2D eigenvalue weighted by Gasteiger charge is 2.37. The van der Waals surface area contributed by atoms with Crippen molar-refractivity contribution in [3.8, 4) is 11.3 Å². The maximum absolute atomic E-state index is 14.1. The molecule has 2 aliphatic rings. The second-order valence-corrected chi connectivity index (χ2v) is 6.20. The molecule has 2 fully saturated rings. The third-order valence-electron chi connectivity index (χ3n) is 4.62. The summed E-state index contributed by atoms with van der Waals surface area (Å²) in [5.74, 6) is -0.844. The standard InChI is InChI=1S/C17H17FN4O3/c18-12-4-2-1-3-10(12)16-11(7-19-21-16)17(24)22-6-5-14-13(8-22)20-15(23)9-25-14/h1-4,7,13-14H,5-6,8-9H2,(H,19,21)(H,20,23)/t13-,14-/m1/s1. The predicted octanol–water partition coefficient (Wildman–Crippen LogP) is 0.945. The minimum absolute atomic E-state index is 0.0638. The van der Waals surface area contributed by atoms with Gasteiger partial charge in [0.25, 0.3) is 5.91 Å². The Morgan fingerprint density at radius 3 is 3.04 bits per heavy atom. The van der Waals surface area contributed by atoms with Gasteiger partial charge >= 0.3 is 0 Å². The SMILES string of the molecule is O=C1CO[C@@H]2CCN(C(=O)c3cn[nH]c3-c3ccccc3F)C[C@H]2N1. The van der Waals surface area contributed by atoms with Crippen LogP contribution in [0.5, 0.6) is 0 Å². The first kappa shape index (κ1) is 15.8. The summed E-state index contributed by atoms with van der Waals surface area (Å²) in [6.45, 7) is 0.934. The van der Waals surface area contributed by atoms with Gasteiger partial charge in [-0.05, 0) is 18.6 Å². The molecule has 2 atom stereocenters. The van der Waals surface area contributed by atoms with Gasteiger partial charge in [0, 0.05) is 18.7 Å². The van der Waals surface area contributed by atoms with Gasteiger partial charge in [-0.15, -0.1) is 0 Å². The molecule has 0 unspecified atom stereocenters. The van der Waals surface area contributed by atoms with Crippen molar-refractivity contribution in [3.05, 3.63) is 41.8 Å². The highest BCUT2D eigenvalue weighted by atomic mass is 19.1. The molecule has 0 radical (unpaired) electrons. The molecule has 2 saturated heterocycles. The van der Waals surface area contributed by atoms with Gasteiger partial charge in [-0.3, -0.25) is 14.7 Å². The first-order valence-corrected chi connectivity index (χ1v) is 8.12. The number of aromatic nitrogens is 2. The number of benzene rings is 1. The van der Waals surface area contributed by atoms with Gasteiger partial charge in [-0.1, -0.05) is 12.1 Å². The fourth-order valence-corrected chi connectivity index (χ4v) is 3.37. The number of hydrogen-bond acceptors (Lipinski definition) is 4. The van der Waals surface area contributed by atoms with E-state index in [1.165, 1.54) is 12.3 Å². The van der Waals surface area contributed by atoms with E-state index in [2.05, 4.69) is 15.5 Å². The topological polar surface area (TPSA) is 87.3 Å². The maximum Gasteiger partial charge on any atom is 0.257 e. The molecule has 130 valence electrons. The Balaban J connectivity index is 1.57. The van der Waals surface area contributed by atoms with Crippen molar-refractivity contribution in [2.24, 2.45) is 0 Å². The summed E-state index contributed by atoms with van der Waals surface area (Å²) in [6, 6.07) is 6.01. The third kappa shape index (κ3) is 2.89. The van der Waals surface area contributed by atoms with Crippen LogP contribution in [0.25, 0.3) is 11.3 Å². The minimum Gasteiger partial charge on any atom is -0.366 e. The summed E-state index contributed by atoms with van der Waals surface area (Å²) in [6.07, 6.45) is 1.98. The quantitative estimate of drug-likeness (QED) is 0.849. The third-order valence-corrected chi connectivity index (χ3v) is 4.62. The van der Waals surface area contributed by atoms with Crippen LogP contribution in [0.3, 0.4) is 0 Å². The number of rotatable bonds is 2. The number of nitrogens with zero attached hydrogens (tertiary/aromatic N) is 2. The number of piperidine rings is 1. The average Bonchev–Trinajstić information content (AvgIpc) is 3.10. The Morgan fingerprint density at radius 2 is 2.20 bits per heavy atom. The van der Waals surface area contributed by atoms with Crippen LogP contribution >= 0.6 is 0 Å². The maximum atomic E-state index is 14.1. The highest BCUT2D eigenvalue weighted by Crippen LogP contribution is 2.26. The summed E-state index contributed by atoms with van der Waals surface area (Å²) in [5.41, 5.74) is 0.966. The monoisotopic (exact) mass is 344 g/mol. The molecule has 1 aromatic heterocycles. The molecule has 2 amide bonds. The Hall–Kier alpha value is -2.74. The second kappa shape index (κ2) is 6.29. The zero-order valence-corrected chi connectivity index (χ0v) is 13.4. The Morgan fingerprint density at radius 1 is 1.36 bits per heavy atom. The summed E-state index contributed by atoms with van der Waals surface area (Å²) in [4.78, 5) is 26.1. The number of hydrogen-bond donors (Lipinski definition) is 2. The number of carbonyl (C=O) groups excluding carboxylic acids is 2. The highest BCUT2D eigenvalue weighted by molar-refractivity contribution is 6.00. The zero-order valence-electron chi connectivity index (χ0n) is 13.4. The first-order valence-electron chi connectivity index (χ1n) is 8.12. The van der Waals surface area contributed by atoms with Crippen molar-refractivity contribution in [2.45, 2.75) is 18.6 Å². The average molecular weight is 344 g/mol. The van der Waals surface area contributed by atoms with Crippen LogP contribution in [0, 0.1) is 5.82 Å². The first-order chi connectivity index (χ1) is 12.1. The van der Waals surface area contributed by atoms with E-state index in [9.17, 15) is 14.0 Å². The molecule has 8 heteroatoms. The lowest BCUT2D eigenvalue weighted by Gasteiger charge is -2.41. The molecular weight excluding hydrogens is 327 g/mol. The summed E-state index contributed by atoms with van der Waals surface area (Å²) in [5, 5.41) is 9.49. The van der Waals surface area contributed by atoms with E-state index in [0.717, 1.165) is 0 Å². The van der Waals surface area contributed by atoms with Gasteiger partial charge in [0.2, 0.25) is 5.91 Å². The lowest BCUT2D eigenvalue weighted by atomic mass is 9.99. The normalized spacial score (nSPS) is 23.1. The molecule has 0 bridgehead atoms. The number of ether oxygens (including phenoxy) is 1. The fourth-order valence-electron chi connectivity index (χ4n) is 3.37. The lowest BCUT2D eigenvalue weighted by molar-refractivity contribution is -0.139. The van der Waals surface area contributed by atoms with Crippen molar-refractivity contribution in [2.75, 3.05) is 19.7 Å². The molecule has 0 spiro atoms. The van der Waals surface area contributed by atoms with Crippen LogP contribution in [0.1, 0.15) is 16.8 Å². The number of H-pyrrole nitrogens is 1. The number of carbonyl (C=O) groups is 2. The largest absolute Gasteiger partial charge is 0.366 e. The van der Waals surface area contributed by atoms with Crippen molar-refractivity contribution >= 4 is 11.8 Å². The zero-order chi connectivity index (χ0) is 17.4. The van der Waals surface area contributed by atoms with E-state index in [1.54, 1.807) is 23.1 Å². The minimum atomic E-state index is -0.424. The van der Waals surface area contributed by atoms with E-state index >= 15 is 0 Å². The molecular formula is C17H17FN4O3. The Labute approximate surface area is 143 Å². The summed E-state index contributed by atoms with van der Waals surface area (Å²) >= 11 is 0. The fraction of sp³-hybridized carbons (Fsp3) is 0.353. The Kier molecular flexibility index (Phi) is 3.96. The molecule has 4 rings (SSSR count). The van der Waals surface area contributed by atoms with Crippen LogP contribution in [0.15, 0.2) is 30.5 Å². The molecule has 0 saturated carbocycles. The van der Waals surface area contributed by atoms with Gasteiger partial charge in [-0.25, -0.2) is 4.39 Å². The molecule has 2 aromatic rings. The molecule has 2 N–H and O–H groups in total.